The Kier molecular flexibility index (Phi) is 4.77. The van der Waals surface area contributed by atoms with Crippen molar-refractivity contribution in [1.82, 2.24) is 10.3 Å². The summed E-state index contributed by atoms with van der Waals surface area (Å²) in [4.78, 5) is 28.7. The Labute approximate surface area is 142 Å². The van der Waals surface area contributed by atoms with Crippen LogP contribution in [0.15, 0.2) is 23.0 Å². The Morgan fingerprint density at radius 3 is 2.74 bits per heavy atom. The third kappa shape index (κ3) is 3.45. The summed E-state index contributed by atoms with van der Waals surface area (Å²) in [6.45, 7) is 0.187. The average molecular weight is 350 g/mol. The topological polar surface area (TPSA) is 79.3 Å². The number of rotatable bonds is 5. The molecule has 0 aliphatic heterocycles. The highest BCUT2D eigenvalue weighted by Gasteiger charge is 2.39. The number of thiazole rings is 1. The second kappa shape index (κ2) is 6.80. The largest absolute Gasteiger partial charge is 0.481 e. The smallest absolute Gasteiger partial charge is 0.311 e. The molecule has 2 heterocycles. The lowest BCUT2D eigenvalue weighted by atomic mass is 9.74. The number of hydrogen-bond donors (Lipinski definition) is 2. The molecule has 0 unspecified atom stereocenters. The highest BCUT2D eigenvalue weighted by Crippen LogP contribution is 2.36. The predicted molar refractivity (Wildman–Crippen MR) is 90.9 cm³/mol. The molecule has 1 saturated carbocycles. The molecular formula is C16H18N2O3S2. The van der Waals surface area contributed by atoms with Crippen molar-refractivity contribution in [2.24, 2.45) is 5.41 Å². The zero-order valence-electron chi connectivity index (χ0n) is 12.6. The molecule has 0 radical (unpaired) electrons. The van der Waals surface area contributed by atoms with Crippen molar-refractivity contribution in [2.45, 2.75) is 32.1 Å². The van der Waals surface area contributed by atoms with Crippen LogP contribution in [-0.4, -0.2) is 28.5 Å². The summed E-state index contributed by atoms with van der Waals surface area (Å²) >= 11 is 2.91. The van der Waals surface area contributed by atoms with Crippen LogP contribution in [-0.2, 0) is 4.79 Å². The summed E-state index contributed by atoms with van der Waals surface area (Å²) in [6, 6.07) is 1.96. The minimum Gasteiger partial charge on any atom is -0.481 e. The third-order valence-electron chi connectivity index (χ3n) is 4.35. The fourth-order valence-electron chi connectivity index (χ4n) is 2.93. The van der Waals surface area contributed by atoms with E-state index in [1.807, 2.05) is 16.8 Å². The van der Waals surface area contributed by atoms with Gasteiger partial charge in [-0.25, -0.2) is 4.98 Å². The maximum atomic E-state index is 12.3. The maximum Gasteiger partial charge on any atom is 0.311 e. The summed E-state index contributed by atoms with van der Waals surface area (Å²) < 4.78 is 0. The van der Waals surface area contributed by atoms with Gasteiger partial charge in [-0.3, -0.25) is 9.59 Å². The molecule has 0 aromatic carbocycles. The van der Waals surface area contributed by atoms with Crippen LogP contribution in [0.4, 0.5) is 0 Å². The molecule has 1 aliphatic rings. The Balaban J connectivity index is 1.66. The molecule has 1 amide bonds. The number of carboxylic acid groups (broad SMARTS) is 1. The molecule has 1 fully saturated rings. The highest BCUT2D eigenvalue weighted by molar-refractivity contribution is 7.17. The van der Waals surface area contributed by atoms with Crippen molar-refractivity contribution in [2.75, 3.05) is 6.54 Å². The number of carbonyl (C=O) groups excluding carboxylic acids is 1. The lowest BCUT2D eigenvalue weighted by Gasteiger charge is -2.33. The van der Waals surface area contributed by atoms with Crippen molar-refractivity contribution >= 4 is 34.6 Å². The van der Waals surface area contributed by atoms with Gasteiger partial charge in [-0.1, -0.05) is 19.3 Å². The van der Waals surface area contributed by atoms with Gasteiger partial charge in [0.2, 0.25) is 0 Å². The summed E-state index contributed by atoms with van der Waals surface area (Å²) in [5.74, 6) is -1.05. The van der Waals surface area contributed by atoms with Gasteiger partial charge in [0, 0.05) is 17.5 Å². The van der Waals surface area contributed by atoms with E-state index in [-0.39, 0.29) is 12.5 Å². The molecular weight excluding hydrogens is 332 g/mol. The maximum absolute atomic E-state index is 12.3. The van der Waals surface area contributed by atoms with Crippen molar-refractivity contribution in [3.05, 3.63) is 27.9 Å². The van der Waals surface area contributed by atoms with Crippen LogP contribution in [0, 0.1) is 5.41 Å². The van der Waals surface area contributed by atoms with Gasteiger partial charge in [0.1, 0.15) is 9.88 Å². The van der Waals surface area contributed by atoms with Crippen LogP contribution in [0.2, 0.25) is 0 Å². The zero-order valence-corrected chi connectivity index (χ0v) is 14.2. The van der Waals surface area contributed by atoms with Crippen LogP contribution >= 0.6 is 22.7 Å². The number of nitrogens with zero attached hydrogens (tertiary/aromatic N) is 1. The van der Waals surface area contributed by atoms with E-state index in [0.29, 0.717) is 17.7 Å². The number of carboxylic acids is 1. The lowest BCUT2D eigenvalue weighted by Crippen LogP contribution is -2.44. The Hall–Kier alpha value is -1.73. The molecule has 1 aliphatic carbocycles. The van der Waals surface area contributed by atoms with Crippen molar-refractivity contribution in [3.63, 3.8) is 0 Å². The van der Waals surface area contributed by atoms with Gasteiger partial charge in [-0.15, -0.1) is 11.3 Å². The summed E-state index contributed by atoms with van der Waals surface area (Å²) in [6.07, 6.45) is 5.70. The number of aromatic nitrogens is 1. The van der Waals surface area contributed by atoms with E-state index in [4.69, 9.17) is 0 Å². The Bertz CT molecular complexity index is 688. The minimum atomic E-state index is -0.811. The average Bonchev–Trinajstić information content (AvgIpc) is 3.24. The minimum absolute atomic E-state index is 0.187. The van der Waals surface area contributed by atoms with E-state index in [1.165, 1.54) is 11.3 Å². The van der Waals surface area contributed by atoms with Gasteiger partial charge >= 0.3 is 5.97 Å². The highest BCUT2D eigenvalue weighted by atomic mass is 32.1. The van der Waals surface area contributed by atoms with Crippen molar-refractivity contribution in [1.29, 1.82) is 0 Å². The SMILES string of the molecule is O=C(NCC1(C(=O)O)CCCCC1)c1cnc(-c2ccsc2)s1. The molecule has 2 N–H and O–H groups in total. The molecule has 0 saturated heterocycles. The normalized spacial score (nSPS) is 16.9. The number of nitrogens with one attached hydrogen (secondary N) is 1. The van der Waals surface area contributed by atoms with E-state index in [1.54, 1.807) is 17.5 Å². The first kappa shape index (κ1) is 16.1. The molecule has 0 spiro atoms. The van der Waals surface area contributed by atoms with Crippen LogP contribution in [0.25, 0.3) is 10.6 Å². The van der Waals surface area contributed by atoms with E-state index >= 15 is 0 Å². The number of hydrogen-bond acceptors (Lipinski definition) is 5. The van der Waals surface area contributed by atoms with E-state index < -0.39 is 11.4 Å². The van der Waals surface area contributed by atoms with Gasteiger partial charge in [0.05, 0.1) is 11.6 Å². The molecule has 2 aromatic heterocycles. The molecule has 5 nitrogen and oxygen atoms in total. The van der Waals surface area contributed by atoms with Crippen molar-refractivity contribution < 1.29 is 14.7 Å². The van der Waals surface area contributed by atoms with Crippen LogP contribution < -0.4 is 5.32 Å². The summed E-state index contributed by atoms with van der Waals surface area (Å²) in [7, 11) is 0. The Morgan fingerprint density at radius 1 is 1.30 bits per heavy atom. The van der Waals surface area contributed by atoms with Crippen LogP contribution in [0.5, 0.6) is 0 Å². The molecule has 23 heavy (non-hydrogen) atoms. The fourth-order valence-corrected chi connectivity index (χ4v) is 4.47. The number of aliphatic carboxylic acids is 1. The second-order valence-electron chi connectivity index (χ2n) is 5.87. The molecule has 0 bridgehead atoms. The van der Waals surface area contributed by atoms with Gasteiger partial charge in [-0.2, -0.15) is 11.3 Å². The quantitative estimate of drug-likeness (QED) is 0.863. The van der Waals surface area contributed by atoms with Gasteiger partial charge < -0.3 is 10.4 Å². The number of carbonyl (C=O) groups is 2. The van der Waals surface area contributed by atoms with Gasteiger partial charge in [0.15, 0.2) is 0 Å². The third-order valence-corrected chi connectivity index (χ3v) is 6.08. The lowest BCUT2D eigenvalue weighted by molar-refractivity contribution is -0.150. The molecule has 0 atom stereocenters. The molecule has 122 valence electrons. The monoisotopic (exact) mass is 350 g/mol. The van der Waals surface area contributed by atoms with Crippen molar-refractivity contribution in [3.8, 4) is 10.6 Å². The first-order valence-corrected chi connectivity index (χ1v) is 9.37. The standard InChI is InChI=1S/C16H18N2O3S2/c19-13(12-8-17-14(23-12)11-4-7-22-9-11)18-10-16(15(20)21)5-2-1-3-6-16/h4,7-9H,1-3,5-6,10H2,(H,18,19)(H,20,21). The zero-order chi connectivity index (χ0) is 16.3. The van der Waals surface area contributed by atoms with Gasteiger partial charge in [0.25, 0.3) is 5.91 Å². The van der Waals surface area contributed by atoms with Crippen LogP contribution in [0.3, 0.4) is 0 Å². The van der Waals surface area contributed by atoms with Crippen LogP contribution in [0.1, 0.15) is 41.8 Å². The first-order chi connectivity index (χ1) is 11.1. The predicted octanol–water partition coefficient (Wildman–Crippen LogP) is 3.64. The molecule has 3 rings (SSSR count). The number of thiophene rings is 1. The first-order valence-electron chi connectivity index (χ1n) is 7.61. The van der Waals surface area contributed by atoms with E-state index in [2.05, 4.69) is 10.3 Å². The molecule has 7 heteroatoms. The summed E-state index contributed by atoms with van der Waals surface area (Å²) in [5, 5.41) is 17.1. The van der Waals surface area contributed by atoms with Gasteiger partial charge in [-0.05, 0) is 24.3 Å². The second-order valence-corrected chi connectivity index (χ2v) is 7.68. The van der Waals surface area contributed by atoms with E-state index in [9.17, 15) is 14.7 Å². The summed E-state index contributed by atoms with van der Waals surface area (Å²) in [5.41, 5.74) is 0.197. The fraction of sp³-hybridized carbons (Fsp3) is 0.438. The van der Waals surface area contributed by atoms with E-state index in [0.717, 1.165) is 29.8 Å². The number of amides is 1. The Morgan fingerprint density at radius 2 is 2.09 bits per heavy atom. The molecule has 2 aromatic rings.